The number of carbonyl (C=O) groups excluding carboxylic acids is 2. The largest absolute Gasteiger partial charge is 0.497 e. The normalized spacial score (nSPS) is 13.7. The van der Waals surface area contributed by atoms with Crippen LogP contribution in [0.5, 0.6) is 11.5 Å². The summed E-state index contributed by atoms with van der Waals surface area (Å²) in [4.78, 5) is 28.6. The molecule has 0 unspecified atom stereocenters. The highest BCUT2D eigenvalue weighted by molar-refractivity contribution is 7.11. The number of nitrogens with zero attached hydrogens (tertiary/aromatic N) is 1. The number of benzene rings is 2. The molecule has 1 aliphatic heterocycles. The van der Waals surface area contributed by atoms with Crippen molar-refractivity contribution < 1.29 is 19.1 Å². The third-order valence-electron chi connectivity index (χ3n) is 5.09. The van der Waals surface area contributed by atoms with Crippen LogP contribution in [0.3, 0.4) is 0 Å². The van der Waals surface area contributed by atoms with Gasteiger partial charge in [0, 0.05) is 40.3 Å². The number of methoxy groups -OCH3 is 2. The molecule has 1 aromatic heterocycles. The maximum absolute atomic E-state index is 13.3. The smallest absolute Gasteiger partial charge is 0.278 e. The van der Waals surface area contributed by atoms with Gasteiger partial charge in [-0.15, -0.1) is 11.3 Å². The van der Waals surface area contributed by atoms with Crippen molar-refractivity contribution in [1.82, 2.24) is 4.90 Å². The van der Waals surface area contributed by atoms with Gasteiger partial charge in [0.2, 0.25) is 0 Å². The predicted octanol–water partition coefficient (Wildman–Crippen LogP) is 4.85. The van der Waals surface area contributed by atoms with Gasteiger partial charge in [-0.1, -0.05) is 29.8 Å². The zero-order valence-corrected chi connectivity index (χ0v) is 19.1. The van der Waals surface area contributed by atoms with E-state index >= 15 is 0 Å². The van der Waals surface area contributed by atoms with Crippen LogP contribution in [0.2, 0.25) is 5.02 Å². The van der Waals surface area contributed by atoms with Gasteiger partial charge >= 0.3 is 0 Å². The van der Waals surface area contributed by atoms with Crippen molar-refractivity contribution in [2.75, 3.05) is 26.1 Å². The average molecular weight is 469 g/mol. The van der Waals surface area contributed by atoms with E-state index in [2.05, 4.69) is 5.32 Å². The zero-order valence-electron chi connectivity index (χ0n) is 17.6. The number of nitrogens with one attached hydrogen (secondary N) is 1. The lowest BCUT2D eigenvalue weighted by molar-refractivity contribution is -0.136. The first-order chi connectivity index (χ1) is 15.5. The minimum atomic E-state index is -0.367. The van der Waals surface area contributed by atoms with E-state index in [9.17, 15) is 9.59 Å². The molecule has 2 amide bonds. The average Bonchev–Trinajstić information content (AvgIpc) is 3.40. The summed E-state index contributed by atoms with van der Waals surface area (Å²) < 4.78 is 10.6. The Morgan fingerprint density at radius 3 is 2.25 bits per heavy atom. The Morgan fingerprint density at radius 2 is 1.66 bits per heavy atom. The molecule has 0 saturated carbocycles. The van der Waals surface area contributed by atoms with Crippen molar-refractivity contribution in [3.63, 3.8) is 0 Å². The number of thiophene rings is 1. The molecular weight excluding hydrogens is 448 g/mol. The molecule has 6 nitrogen and oxygen atoms in total. The molecule has 1 aliphatic rings. The fourth-order valence-electron chi connectivity index (χ4n) is 3.46. The Kier molecular flexibility index (Phi) is 6.48. The molecule has 0 fully saturated rings. The molecule has 3 aromatic rings. The number of hydrogen-bond acceptors (Lipinski definition) is 6. The quantitative estimate of drug-likeness (QED) is 0.478. The molecular formula is C24H21ClN2O4S. The van der Waals surface area contributed by atoms with E-state index in [0.29, 0.717) is 34.2 Å². The zero-order chi connectivity index (χ0) is 22.7. The van der Waals surface area contributed by atoms with Crippen LogP contribution in [-0.4, -0.2) is 37.5 Å². The number of halogens is 1. The molecule has 0 bridgehead atoms. The van der Waals surface area contributed by atoms with Crippen LogP contribution in [0.1, 0.15) is 10.4 Å². The predicted molar refractivity (Wildman–Crippen MR) is 126 cm³/mol. The van der Waals surface area contributed by atoms with Gasteiger partial charge < -0.3 is 14.8 Å². The van der Waals surface area contributed by atoms with Gasteiger partial charge in [0.1, 0.15) is 17.2 Å². The Labute approximate surface area is 195 Å². The van der Waals surface area contributed by atoms with Crippen LogP contribution >= 0.6 is 22.9 Å². The second kappa shape index (κ2) is 9.46. The molecule has 0 aliphatic carbocycles. The van der Waals surface area contributed by atoms with E-state index in [1.165, 1.54) is 16.2 Å². The molecule has 0 saturated heterocycles. The van der Waals surface area contributed by atoms with Crippen LogP contribution in [0.4, 0.5) is 5.69 Å². The summed E-state index contributed by atoms with van der Waals surface area (Å²) in [6.45, 7) is 0.265. The summed E-state index contributed by atoms with van der Waals surface area (Å²) in [7, 11) is 3.11. The van der Waals surface area contributed by atoms with E-state index in [-0.39, 0.29) is 24.1 Å². The van der Waals surface area contributed by atoms with E-state index in [1.807, 2.05) is 29.6 Å². The van der Waals surface area contributed by atoms with Crippen molar-refractivity contribution >= 4 is 46.0 Å². The van der Waals surface area contributed by atoms with Crippen LogP contribution in [0.25, 0.3) is 5.57 Å². The third kappa shape index (κ3) is 4.49. The van der Waals surface area contributed by atoms with Gasteiger partial charge in [0.15, 0.2) is 0 Å². The fraction of sp³-hybridized carbons (Fsp3) is 0.167. The van der Waals surface area contributed by atoms with Crippen LogP contribution in [-0.2, 0) is 16.0 Å². The van der Waals surface area contributed by atoms with E-state index in [1.54, 1.807) is 44.6 Å². The van der Waals surface area contributed by atoms with Crippen molar-refractivity contribution in [2.45, 2.75) is 6.42 Å². The minimum Gasteiger partial charge on any atom is -0.497 e. The van der Waals surface area contributed by atoms with Gasteiger partial charge in [-0.2, -0.15) is 0 Å². The van der Waals surface area contributed by atoms with Gasteiger partial charge in [-0.3, -0.25) is 14.5 Å². The van der Waals surface area contributed by atoms with Crippen LogP contribution in [0.15, 0.2) is 65.7 Å². The van der Waals surface area contributed by atoms with Gasteiger partial charge in [-0.25, -0.2) is 0 Å². The topological polar surface area (TPSA) is 67.9 Å². The molecule has 1 N–H and O–H groups in total. The number of anilines is 1. The maximum Gasteiger partial charge on any atom is 0.278 e. The highest BCUT2D eigenvalue weighted by Gasteiger charge is 2.39. The third-order valence-corrected chi connectivity index (χ3v) is 6.23. The first kappa shape index (κ1) is 21.9. The molecule has 2 aromatic carbocycles. The summed E-state index contributed by atoms with van der Waals surface area (Å²) >= 11 is 7.36. The van der Waals surface area contributed by atoms with Gasteiger partial charge in [0.05, 0.1) is 19.8 Å². The maximum atomic E-state index is 13.3. The number of imide groups is 1. The summed E-state index contributed by atoms with van der Waals surface area (Å²) in [6, 6.07) is 16.3. The SMILES string of the molecule is COc1cc(NC2=C(c3cccs3)C(=O)N(CCc3ccc(Cl)cc3)C2=O)cc(OC)c1. The second-order valence-corrected chi connectivity index (χ2v) is 8.48. The Morgan fingerprint density at radius 1 is 0.969 bits per heavy atom. The highest BCUT2D eigenvalue weighted by atomic mass is 35.5. The number of carbonyl (C=O) groups is 2. The number of amides is 2. The Hall–Kier alpha value is -3.29. The molecule has 2 heterocycles. The minimum absolute atomic E-state index is 0.240. The Balaban J connectivity index is 1.64. The Bertz CT molecular complexity index is 1150. The van der Waals surface area contributed by atoms with Crippen molar-refractivity contribution in [3.05, 3.63) is 81.1 Å². The van der Waals surface area contributed by atoms with Gasteiger partial charge in [-0.05, 0) is 35.6 Å². The lowest BCUT2D eigenvalue weighted by Crippen LogP contribution is -2.34. The molecule has 0 spiro atoms. The number of ether oxygens (including phenoxy) is 2. The van der Waals surface area contributed by atoms with Crippen molar-refractivity contribution in [1.29, 1.82) is 0 Å². The van der Waals surface area contributed by atoms with E-state index in [0.717, 1.165) is 10.4 Å². The summed E-state index contributed by atoms with van der Waals surface area (Å²) in [6.07, 6.45) is 0.534. The van der Waals surface area contributed by atoms with Gasteiger partial charge in [0.25, 0.3) is 11.8 Å². The molecule has 4 rings (SSSR count). The second-order valence-electron chi connectivity index (χ2n) is 7.09. The van der Waals surface area contributed by atoms with E-state index in [4.69, 9.17) is 21.1 Å². The number of hydrogen-bond donors (Lipinski definition) is 1. The summed E-state index contributed by atoms with van der Waals surface area (Å²) in [5.74, 6) is 0.459. The highest BCUT2D eigenvalue weighted by Crippen LogP contribution is 2.34. The van der Waals surface area contributed by atoms with Crippen LogP contribution < -0.4 is 14.8 Å². The molecule has 0 atom stereocenters. The standard InChI is InChI=1S/C24H21ClN2O4S/c1-30-18-12-17(13-19(14-18)31-2)26-22-21(20-4-3-11-32-20)23(28)27(24(22)29)10-9-15-5-7-16(25)8-6-15/h3-8,11-14,26H,9-10H2,1-2H3. The monoisotopic (exact) mass is 468 g/mol. The molecule has 32 heavy (non-hydrogen) atoms. The van der Waals surface area contributed by atoms with Crippen LogP contribution in [0, 0.1) is 0 Å². The molecule has 0 radical (unpaired) electrons. The molecule has 8 heteroatoms. The first-order valence-corrected chi connectivity index (χ1v) is 11.1. The molecule has 164 valence electrons. The lowest BCUT2D eigenvalue weighted by Gasteiger charge is -2.15. The fourth-order valence-corrected chi connectivity index (χ4v) is 4.35. The summed E-state index contributed by atoms with van der Waals surface area (Å²) in [5.41, 5.74) is 2.18. The van der Waals surface area contributed by atoms with Crippen molar-refractivity contribution in [3.8, 4) is 11.5 Å². The summed E-state index contributed by atoms with van der Waals surface area (Å²) in [5, 5.41) is 5.66. The number of rotatable bonds is 8. The lowest BCUT2D eigenvalue weighted by atomic mass is 10.1. The van der Waals surface area contributed by atoms with E-state index < -0.39 is 0 Å². The first-order valence-electron chi connectivity index (χ1n) is 9.89. The van der Waals surface area contributed by atoms with Crippen molar-refractivity contribution in [2.24, 2.45) is 0 Å².